The van der Waals surface area contributed by atoms with Gasteiger partial charge in [0, 0.05) is 4.43 Å². The largest absolute Gasteiger partial charge is 0.438 e. The van der Waals surface area contributed by atoms with Crippen LogP contribution in [0.5, 0.6) is 0 Å². The van der Waals surface area contributed by atoms with Crippen molar-refractivity contribution >= 4 is 28.7 Å². The van der Waals surface area contributed by atoms with E-state index in [1.165, 1.54) is 0 Å². The summed E-state index contributed by atoms with van der Waals surface area (Å²) in [6.45, 7) is 1.85. The lowest BCUT2D eigenvalue weighted by Crippen LogP contribution is -2.33. The third-order valence-electron chi connectivity index (χ3n) is 1.97. The summed E-state index contributed by atoms with van der Waals surface area (Å²) in [5.41, 5.74) is 5.35. The van der Waals surface area contributed by atoms with Crippen molar-refractivity contribution < 1.29 is 9.53 Å². The van der Waals surface area contributed by atoms with Crippen molar-refractivity contribution in [3.8, 4) is 0 Å². The summed E-state index contributed by atoms with van der Waals surface area (Å²) < 4.78 is 5.77. The van der Waals surface area contributed by atoms with Crippen molar-refractivity contribution in [1.29, 1.82) is 0 Å². The molecule has 0 aromatic heterocycles. The van der Waals surface area contributed by atoms with Gasteiger partial charge in [0.25, 0.3) is 0 Å². The lowest BCUT2D eigenvalue weighted by Gasteiger charge is -2.26. The molecule has 1 atom stereocenters. The monoisotopic (exact) mass is 305 g/mol. The average Bonchev–Trinajstić information content (AvgIpc) is 2.18. The van der Waals surface area contributed by atoms with Gasteiger partial charge in [-0.05, 0) is 12.5 Å². The Labute approximate surface area is 96.8 Å². The molecule has 0 saturated carbocycles. The van der Waals surface area contributed by atoms with Crippen LogP contribution in [0.1, 0.15) is 12.5 Å². The smallest absolute Gasteiger partial charge is 0.405 e. The van der Waals surface area contributed by atoms with E-state index in [1.54, 1.807) is 0 Å². The first-order chi connectivity index (χ1) is 6.58. The second-order valence-electron chi connectivity index (χ2n) is 3.15. The summed E-state index contributed by atoms with van der Waals surface area (Å²) in [5, 5.41) is 0. The van der Waals surface area contributed by atoms with Gasteiger partial charge in [-0.3, -0.25) is 0 Å². The van der Waals surface area contributed by atoms with Crippen molar-refractivity contribution in [2.24, 2.45) is 5.73 Å². The van der Waals surface area contributed by atoms with Crippen LogP contribution in [-0.4, -0.2) is 10.5 Å². The van der Waals surface area contributed by atoms with E-state index in [-0.39, 0.29) is 0 Å². The Morgan fingerprint density at radius 1 is 1.50 bits per heavy atom. The predicted molar refractivity (Wildman–Crippen MR) is 63.3 cm³/mol. The molecule has 1 rings (SSSR count). The molecule has 14 heavy (non-hydrogen) atoms. The summed E-state index contributed by atoms with van der Waals surface area (Å²) in [6, 6.07) is 9.57. The Morgan fingerprint density at radius 2 is 2.07 bits per heavy atom. The average molecular weight is 305 g/mol. The Bertz CT molecular complexity index is 315. The topological polar surface area (TPSA) is 52.3 Å². The molecule has 0 aliphatic rings. The van der Waals surface area contributed by atoms with Crippen molar-refractivity contribution in [3.63, 3.8) is 0 Å². The molecule has 0 heterocycles. The number of benzene rings is 1. The van der Waals surface area contributed by atoms with Gasteiger partial charge in [0.05, 0.1) is 0 Å². The number of alkyl halides is 1. The normalized spacial score (nSPS) is 14.4. The highest BCUT2D eigenvalue weighted by molar-refractivity contribution is 14.1. The van der Waals surface area contributed by atoms with Gasteiger partial charge in [-0.1, -0.05) is 52.9 Å². The van der Waals surface area contributed by atoms with E-state index in [4.69, 9.17) is 10.5 Å². The molecule has 0 bridgehead atoms. The quantitative estimate of drug-likeness (QED) is 0.689. The van der Waals surface area contributed by atoms with Gasteiger partial charge in [0.1, 0.15) is 5.60 Å². The van der Waals surface area contributed by atoms with Gasteiger partial charge in [0.15, 0.2) is 0 Å². The lowest BCUT2D eigenvalue weighted by atomic mass is 9.98. The number of halogens is 1. The minimum atomic E-state index is -0.743. The van der Waals surface area contributed by atoms with Gasteiger partial charge in [-0.15, -0.1) is 0 Å². The number of carbonyl (C=O) groups is 1. The SMILES string of the molecule is CC(CI)(OC(N)=O)c1ccccc1. The molecule has 1 unspecified atom stereocenters. The van der Waals surface area contributed by atoms with Gasteiger partial charge >= 0.3 is 6.09 Å². The van der Waals surface area contributed by atoms with Gasteiger partial charge in [0.2, 0.25) is 0 Å². The van der Waals surface area contributed by atoms with Crippen LogP contribution in [0.3, 0.4) is 0 Å². The fourth-order valence-corrected chi connectivity index (χ4v) is 1.77. The molecule has 0 fully saturated rings. The van der Waals surface area contributed by atoms with Crippen LogP contribution in [0.4, 0.5) is 4.79 Å². The first kappa shape index (κ1) is 11.3. The third kappa shape index (κ3) is 2.60. The van der Waals surface area contributed by atoms with Crippen LogP contribution < -0.4 is 5.73 Å². The molecule has 1 aromatic rings. The summed E-state index contributed by atoms with van der Waals surface area (Å²) in [5.74, 6) is 0. The minimum absolute atomic E-state index is 0.631. The number of amides is 1. The van der Waals surface area contributed by atoms with Crippen molar-refractivity contribution in [3.05, 3.63) is 35.9 Å². The third-order valence-corrected chi connectivity index (χ3v) is 3.42. The highest BCUT2D eigenvalue weighted by Gasteiger charge is 2.28. The molecule has 0 aliphatic carbocycles. The number of hydrogen-bond acceptors (Lipinski definition) is 2. The highest BCUT2D eigenvalue weighted by Crippen LogP contribution is 2.27. The van der Waals surface area contributed by atoms with E-state index >= 15 is 0 Å². The maximum Gasteiger partial charge on any atom is 0.405 e. The molecule has 0 radical (unpaired) electrons. The summed E-state index contributed by atoms with van der Waals surface area (Å²) >= 11 is 2.17. The van der Waals surface area contributed by atoms with Crippen LogP contribution in [0.25, 0.3) is 0 Å². The number of carbonyl (C=O) groups excluding carboxylic acids is 1. The van der Waals surface area contributed by atoms with E-state index in [1.807, 2.05) is 37.3 Å². The van der Waals surface area contributed by atoms with E-state index in [9.17, 15) is 4.79 Å². The van der Waals surface area contributed by atoms with Crippen LogP contribution >= 0.6 is 22.6 Å². The highest BCUT2D eigenvalue weighted by atomic mass is 127. The Balaban J connectivity index is 2.95. The molecule has 1 amide bonds. The first-order valence-corrected chi connectivity index (χ1v) is 5.71. The van der Waals surface area contributed by atoms with Crippen LogP contribution in [0.2, 0.25) is 0 Å². The van der Waals surface area contributed by atoms with Crippen molar-refractivity contribution in [2.45, 2.75) is 12.5 Å². The zero-order valence-corrected chi connectivity index (χ0v) is 10.0. The first-order valence-electron chi connectivity index (χ1n) is 4.18. The molecule has 3 nitrogen and oxygen atoms in total. The van der Waals surface area contributed by atoms with Gasteiger partial charge < -0.3 is 10.5 Å². The molecule has 0 aliphatic heterocycles. The lowest BCUT2D eigenvalue weighted by molar-refractivity contribution is 0.0492. The summed E-state index contributed by atoms with van der Waals surface area (Å²) in [6.07, 6.45) is -0.743. The van der Waals surface area contributed by atoms with Crippen molar-refractivity contribution in [2.75, 3.05) is 4.43 Å². The molecule has 0 saturated heterocycles. The van der Waals surface area contributed by atoms with Crippen molar-refractivity contribution in [1.82, 2.24) is 0 Å². The predicted octanol–water partition coefficient (Wildman–Crippen LogP) is 2.43. The van der Waals surface area contributed by atoms with Crippen LogP contribution in [0.15, 0.2) is 30.3 Å². The van der Waals surface area contributed by atoms with Gasteiger partial charge in [-0.25, -0.2) is 4.79 Å². The maximum atomic E-state index is 10.7. The van der Waals surface area contributed by atoms with Crippen LogP contribution in [-0.2, 0) is 10.3 Å². The molecule has 0 spiro atoms. The summed E-state index contributed by atoms with van der Waals surface area (Å²) in [4.78, 5) is 10.7. The maximum absolute atomic E-state index is 10.7. The van der Waals surface area contributed by atoms with Gasteiger partial charge in [-0.2, -0.15) is 0 Å². The Hall–Kier alpha value is -0.780. The van der Waals surface area contributed by atoms with E-state index in [0.717, 1.165) is 5.56 Å². The fraction of sp³-hybridized carbons (Fsp3) is 0.300. The standard InChI is InChI=1S/C10H12INO2/c1-10(7-11,14-9(12)13)8-5-3-2-4-6-8/h2-6H,7H2,1H3,(H2,12,13). The zero-order valence-electron chi connectivity index (χ0n) is 7.87. The number of nitrogens with two attached hydrogens (primary N) is 1. The molecular formula is C10H12INO2. The molecule has 1 aromatic carbocycles. The van der Waals surface area contributed by atoms with Crippen LogP contribution in [0, 0.1) is 0 Å². The summed E-state index contributed by atoms with van der Waals surface area (Å²) in [7, 11) is 0. The Kier molecular flexibility index (Phi) is 3.74. The number of primary amides is 1. The molecule has 4 heteroatoms. The second kappa shape index (κ2) is 4.63. The molecule has 76 valence electrons. The Morgan fingerprint density at radius 3 is 2.50 bits per heavy atom. The molecular weight excluding hydrogens is 293 g/mol. The number of rotatable bonds is 3. The number of hydrogen-bond donors (Lipinski definition) is 1. The molecule has 2 N–H and O–H groups in total. The minimum Gasteiger partial charge on any atom is -0.438 e. The van der Waals surface area contributed by atoms with E-state index in [0.29, 0.717) is 4.43 Å². The zero-order chi connectivity index (χ0) is 10.6. The van der Waals surface area contributed by atoms with E-state index in [2.05, 4.69) is 22.6 Å². The fourth-order valence-electron chi connectivity index (χ4n) is 1.18. The number of ether oxygens (including phenoxy) is 1. The van der Waals surface area contributed by atoms with E-state index < -0.39 is 11.7 Å². The second-order valence-corrected chi connectivity index (χ2v) is 3.91.